The molecule has 2 aromatic carbocycles. The number of nitrogens with one attached hydrogen (secondary N) is 1. The van der Waals surface area contributed by atoms with Crippen molar-refractivity contribution < 1.29 is 9.53 Å². The lowest BCUT2D eigenvalue weighted by Crippen LogP contribution is -2.22. The minimum absolute atomic E-state index is 0.0670. The molecule has 128 valence electrons. The number of rotatable bonds is 4. The second-order valence-corrected chi connectivity index (χ2v) is 6.96. The number of benzene rings is 2. The summed E-state index contributed by atoms with van der Waals surface area (Å²) in [6.07, 6.45) is 2.03. The maximum atomic E-state index is 12.4. The number of hydrogen-bond donors (Lipinski definition) is 1. The molecule has 0 unspecified atom stereocenters. The minimum atomic E-state index is -0.236. The van der Waals surface area contributed by atoms with Gasteiger partial charge in [-0.05, 0) is 50.6 Å². The maximum absolute atomic E-state index is 12.4. The lowest BCUT2D eigenvalue weighted by Gasteiger charge is -2.21. The zero-order valence-corrected chi connectivity index (χ0v) is 14.7. The molecule has 3 aromatic rings. The summed E-state index contributed by atoms with van der Waals surface area (Å²) in [4.78, 5) is 16.7. The molecule has 1 aromatic heterocycles. The van der Waals surface area contributed by atoms with E-state index in [2.05, 4.69) is 10.3 Å². The van der Waals surface area contributed by atoms with Crippen LogP contribution >= 0.6 is 0 Å². The quantitative estimate of drug-likeness (QED) is 0.759. The highest BCUT2D eigenvalue weighted by Crippen LogP contribution is 2.22. The Morgan fingerprint density at radius 3 is 2.48 bits per heavy atom. The maximum Gasteiger partial charge on any atom is 0.228 e. The van der Waals surface area contributed by atoms with Gasteiger partial charge in [0, 0.05) is 11.6 Å². The molecule has 3 rings (SSSR count). The molecule has 4 nitrogen and oxygen atoms in total. The predicted molar refractivity (Wildman–Crippen MR) is 101 cm³/mol. The monoisotopic (exact) mass is 334 g/mol. The number of nitrogens with zero attached hydrogens (tertiary/aromatic N) is 1. The van der Waals surface area contributed by atoms with Crippen molar-refractivity contribution in [2.45, 2.75) is 32.8 Å². The van der Waals surface area contributed by atoms with Crippen LogP contribution in [0.25, 0.3) is 10.9 Å². The van der Waals surface area contributed by atoms with Crippen molar-refractivity contribution in [1.29, 1.82) is 0 Å². The Morgan fingerprint density at radius 2 is 1.76 bits per heavy atom. The van der Waals surface area contributed by atoms with Crippen molar-refractivity contribution in [3.05, 3.63) is 66.4 Å². The van der Waals surface area contributed by atoms with E-state index in [0.717, 1.165) is 27.9 Å². The molecule has 0 saturated heterocycles. The Balaban J connectivity index is 1.68. The van der Waals surface area contributed by atoms with E-state index in [4.69, 9.17) is 4.74 Å². The summed E-state index contributed by atoms with van der Waals surface area (Å²) in [7, 11) is 0. The molecule has 0 spiro atoms. The van der Waals surface area contributed by atoms with E-state index in [1.54, 1.807) is 6.20 Å². The second-order valence-electron chi connectivity index (χ2n) is 6.96. The first-order valence-electron chi connectivity index (χ1n) is 8.32. The van der Waals surface area contributed by atoms with Crippen LogP contribution in [0.2, 0.25) is 0 Å². The Labute approximate surface area is 147 Å². The fourth-order valence-corrected chi connectivity index (χ4v) is 2.61. The molecule has 0 radical (unpaired) electrons. The van der Waals surface area contributed by atoms with Crippen molar-refractivity contribution in [2.75, 3.05) is 5.32 Å². The van der Waals surface area contributed by atoms with E-state index in [1.807, 2.05) is 75.4 Å². The third-order valence-corrected chi connectivity index (χ3v) is 3.62. The number of carbonyl (C=O) groups excluding carboxylic acids is 1. The molecule has 0 atom stereocenters. The molecule has 0 aliphatic carbocycles. The Morgan fingerprint density at radius 1 is 1.04 bits per heavy atom. The highest BCUT2D eigenvalue weighted by atomic mass is 16.5. The van der Waals surface area contributed by atoms with Gasteiger partial charge in [0.2, 0.25) is 5.91 Å². The summed E-state index contributed by atoms with van der Waals surface area (Å²) in [5.74, 6) is 0.734. The van der Waals surface area contributed by atoms with E-state index in [0.29, 0.717) is 6.42 Å². The summed E-state index contributed by atoms with van der Waals surface area (Å²) in [6, 6.07) is 17.3. The SMILES string of the molecule is CC(C)(C)Oc1ccc(CC(=O)Nc2cccc3cccnc23)cc1. The minimum Gasteiger partial charge on any atom is -0.488 e. The first-order chi connectivity index (χ1) is 11.9. The van der Waals surface area contributed by atoms with Crippen LogP contribution in [0.5, 0.6) is 5.75 Å². The number of anilines is 1. The number of fused-ring (bicyclic) bond motifs is 1. The molecule has 0 bridgehead atoms. The van der Waals surface area contributed by atoms with E-state index < -0.39 is 0 Å². The Kier molecular flexibility index (Phi) is 4.70. The highest BCUT2D eigenvalue weighted by molar-refractivity contribution is 6.00. The van der Waals surface area contributed by atoms with Gasteiger partial charge in [-0.1, -0.05) is 30.3 Å². The van der Waals surface area contributed by atoms with Crippen LogP contribution in [0, 0.1) is 0 Å². The second kappa shape index (κ2) is 6.93. The van der Waals surface area contributed by atoms with Crippen molar-refractivity contribution >= 4 is 22.5 Å². The fraction of sp³-hybridized carbons (Fsp3) is 0.238. The first kappa shape index (κ1) is 17.0. The van der Waals surface area contributed by atoms with E-state index >= 15 is 0 Å². The molecular formula is C21H22N2O2. The number of hydrogen-bond acceptors (Lipinski definition) is 3. The van der Waals surface area contributed by atoms with Crippen molar-refractivity contribution in [2.24, 2.45) is 0 Å². The molecule has 25 heavy (non-hydrogen) atoms. The largest absolute Gasteiger partial charge is 0.488 e. The molecule has 0 aliphatic heterocycles. The average Bonchev–Trinajstić information content (AvgIpc) is 2.56. The number of amides is 1. The first-order valence-corrected chi connectivity index (χ1v) is 8.32. The highest BCUT2D eigenvalue weighted by Gasteiger charge is 2.12. The van der Waals surface area contributed by atoms with E-state index in [1.165, 1.54) is 0 Å². The smallest absolute Gasteiger partial charge is 0.228 e. The molecule has 4 heteroatoms. The van der Waals surface area contributed by atoms with Gasteiger partial charge in [-0.2, -0.15) is 0 Å². The standard InChI is InChI=1S/C21H22N2O2/c1-21(2,3)25-17-11-9-15(10-12-17)14-19(24)23-18-8-4-6-16-7-5-13-22-20(16)18/h4-13H,14H2,1-3H3,(H,23,24). The van der Waals surface area contributed by atoms with Gasteiger partial charge in [-0.3, -0.25) is 9.78 Å². The predicted octanol–water partition coefficient (Wildman–Crippen LogP) is 4.59. The van der Waals surface area contributed by atoms with Gasteiger partial charge in [-0.25, -0.2) is 0 Å². The molecule has 0 fully saturated rings. The number of ether oxygens (including phenoxy) is 1. The van der Waals surface area contributed by atoms with Crippen molar-refractivity contribution in [3.8, 4) is 5.75 Å². The van der Waals surface area contributed by atoms with Crippen LogP contribution in [-0.2, 0) is 11.2 Å². The van der Waals surface area contributed by atoms with Gasteiger partial charge in [-0.15, -0.1) is 0 Å². The summed E-state index contributed by atoms with van der Waals surface area (Å²) >= 11 is 0. The van der Waals surface area contributed by atoms with Crippen LogP contribution < -0.4 is 10.1 Å². The van der Waals surface area contributed by atoms with Crippen LogP contribution in [0.1, 0.15) is 26.3 Å². The number of aromatic nitrogens is 1. The van der Waals surface area contributed by atoms with Gasteiger partial charge in [0.25, 0.3) is 0 Å². The number of pyridine rings is 1. The van der Waals surface area contributed by atoms with Crippen LogP contribution in [-0.4, -0.2) is 16.5 Å². The van der Waals surface area contributed by atoms with Gasteiger partial charge < -0.3 is 10.1 Å². The summed E-state index contributed by atoms with van der Waals surface area (Å²) in [5.41, 5.74) is 2.23. The van der Waals surface area contributed by atoms with E-state index in [-0.39, 0.29) is 11.5 Å². The van der Waals surface area contributed by atoms with Crippen molar-refractivity contribution in [1.82, 2.24) is 4.98 Å². The number of para-hydroxylation sites is 1. The normalized spacial score (nSPS) is 11.3. The van der Waals surface area contributed by atoms with Gasteiger partial charge >= 0.3 is 0 Å². The lowest BCUT2D eigenvalue weighted by molar-refractivity contribution is -0.115. The average molecular weight is 334 g/mol. The summed E-state index contributed by atoms with van der Waals surface area (Å²) in [5, 5.41) is 3.96. The lowest BCUT2D eigenvalue weighted by atomic mass is 10.1. The molecular weight excluding hydrogens is 312 g/mol. The third kappa shape index (κ3) is 4.57. The van der Waals surface area contributed by atoms with E-state index in [9.17, 15) is 4.79 Å². The molecule has 1 amide bonds. The van der Waals surface area contributed by atoms with Gasteiger partial charge in [0.05, 0.1) is 17.6 Å². The fourth-order valence-electron chi connectivity index (χ4n) is 2.61. The van der Waals surface area contributed by atoms with Gasteiger partial charge in [0.15, 0.2) is 0 Å². The number of carbonyl (C=O) groups is 1. The van der Waals surface area contributed by atoms with Crippen LogP contribution in [0.15, 0.2) is 60.8 Å². The third-order valence-electron chi connectivity index (χ3n) is 3.62. The Hall–Kier alpha value is -2.88. The molecule has 0 aliphatic rings. The zero-order valence-electron chi connectivity index (χ0n) is 14.7. The molecule has 1 N–H and O–H groups in total. The Bertz CT molecular complexity index is 875. The van der Waals surface area contributed by atoms with Crippen molar-refractivity contribution in [3.63, 3.8) is 0 Å². The molecule has 1 heterocycles. The molecule has 0 saturated carbocycles. The van der Waals surface area contributed by atoms with Crippen LogP contribution in [0.3, 0.4) is 0 Å². The van der Waals surface area contributed by atoms with Crippen LogP contribution in [0.4, 0.5) is 5.69 Å². The zero-order chi connectivity index (χ0) is 17.9. The summed E-state index contributed by atoms with van der Waals surface area (Å²) < 4.78 is 5.80. The summed E-state index contributed by atoms with van der Waals surface area (Å²) in [6.45, 7) is 6.02. The topological polar surface area (TPSA) is 51.2 Å². The van der Waals surface area contributed by atoms with Gasteiger partial charge in [0.1, 0.15) is 11.4 Å².